The van der Waals surface area contributed by atoms with E-state index in [0.717, 1.165) is 16.4 Å². The molecular weight excluding hydrogens is 272 g/mol. The molecular formula is C11H9BrN2O2. The van der Waals surface area contributed by atoms with E-state index in [1.54, 1.807) is 42.4 Å². The Morgan fingerprint density at radius 1 is 1.50 bits per heavy atom. The van der Waals surface area contributed by atoms with Gasteiger partial charge in [0.25, 0.3) is 0 Å². The third-order valence-corrected chi connectivity index (χ3v) is 2.55. The summed E-state index contributed by atoms with van der Waals surface area (Å²) in [6.07, 6.45) is 4.26. The first kappa shape index (κ1) is 10.9. The van der Waals surface area contributed by atoms with Crippen molar-refractivity contribution in [2.75, 3.05) is 7.11 Å². The van der Waals surface area contributed by atoms with Crippen LogP contribution in [0.25, 0.3) is 5.69 Å². The fourth-order valence-electron chi connectivity index (χ4n) is 1.39. The first-order chi connectivity index (χ1) is 7.74. The van der Waals surface area contributed by atoms with Crippen LogP contribution in [0.5, 0.6) is 5.75 Å². The second-order valence-electron chi connectivity index (χ2n) is 3.15. The number of halogens is 1. The Labute approximate surface area is 101 Å². The SMILES string of the molecule is COc1ccc(C=O)cc1-n1cc(Br)cn1. The highest BCUT2D eigenvalue weighted by Gasteiger charge is 2.07. The Morgan fingerprint density at radius 2 is 2.31 bits per heavy atom. The van der Waals surface area contributed by atoms with Gasteiger partial charge in [0.05, 0.1) is 17.8 Å². The van der Waals surface area contributed by atoms with E-state index >= 15 is 0 Å². The maximum Gasteiger partial charge on any atom is 0.150 e. The van der Waals surface area contributed by atoms with Crippen LogP contribution in [0, 0.1) is 0 Å². The number of hydrogen-bond acceptors (Lipinski definition) is 3. The van der Waals surface area contributed by atoms with E-state index in [4.69, 9.17) is 4.74 Å². The van der Waals surface area contributed by atoms with Gasteiger partial charge in [-0.2, -0.15) is 5.10 Å². The number of hydrogen-bond donors (Lipinski definition) is 0. The van der Waals surface area contributed by atoms with Crippen molar-refractivity contribution in [3.63, 3.8) is 0 Å². The quantitative estimate of drug-likeness (QED) is 0.812. The largest absolute Gasteiger partial charge is 0.494 e. The molecule has 0 unspecified atom stereocenters. The summed E-state index contributed by atoms with van der Waals surface area (Å²) in [4.78, 5) is 10.7. The van der Waals surface area contributed by atoms with Crippen LogP contribution in [0.15, 0.2) is 35.1 Å². The molecule has 1 aromatic heterocycles. The lowest BCUT2D eigenvalue weighted by atomic mass is 10.2. The average Bonchev–Trinajstić information content (AvgIpc) is 2.75. The number of nitrogens with zero attached hydrogens (tertiary/aromatic N) is 2. The molecule has 4 nitrogen and oxygen atoms in total. The van der Waals surface area contributed by atoms with Crippen molar-refractivity contribution in [2.24, 2.45) is 0 Å². The smallest absolute Gasteiger partial charge is 0.150 e. The van der Waals surface area contributed by atoms with E-state index in [0.29, 0.717) is 11.3 Å². The Balaban J connectivity index is 2.56. The van der Waals surface area contributed by atoms with Crippen LogP contribution in [0.2, 0.25) is 0 Å². The number of ether oxygens (including phenoxy) is 1. The first-order valence-electron chi connectivity index (χ1n) is 4.58. The highest BCUT2D eigenvalue weighted by atomic mass is 79.9. The third-order valence-electron chi connectivity index (χ3n) is 2.14. The van der Waals surface area contributed by atoms with E-state index in [-0.39, 0.29) is 0 Å². The molecule has 0 bridgehead atoms. The van der Waals surface area contributed by atoms with Gasteiger partial charge < -0.3 is 4.74 Å². The molecule has 0 atom stereocenters. The van der Waals surface area contributed by atoms with Gasteiger partial charge >= 0.3 is 0 Å². The summed E-state index contributed by atoms with van der Waals surface area (Å²) >= 11 is 3.32. The molecule has 0 spiro atoms. The second-order valence-corrected chi connectivity index (χ2v) is 4.07. The predicted molar refractivity (Wildman–Crippen MR) is 63.2 cm³/mol. The first-order valence-corrected chi connectivity index (χ1v) is 5.37. The van der Waals surface area contributed by atoms with Crippen LogP contribution in [-0.4, -0.2) is 23.2 Å². The van der Waals surface area contributed by atoms with Crippen LogP contribution in [-0.2, 0) is 0 Å². The zero-order valence-corrected chi connectivity index (χ0v) is 10.1. The lowest BCUT2D eigenvalue weighted by Gasteiger charge is -2.08. The number of methoxy groups -OCH3 is 1. The van der Waals surface area contributed by atoms with E-state index in [2.05, 4.69) is 21.0 Å². The van der Waals surface area contributed by atoms with Crippen molar-refractivity contribution < 1.29 is 9.53 Å². The van der Waals surface area contributed by atoms with Crippen LogP contribution in [0.3, 0.4) is 0 Å². The number of rotatable bonds is 3. The van der Waals surface area contributed by atoms with E-state index in [9.17, 15) is 4.79 Å². The molecule has 16 heavy (non-hydrogen) atoms. The normalized spacial score (nSPS) is 10.1. The number of aromatic nitrogens is 2. The van der Waals surface area contributed by atoms with Gasteiger partial charge in [-0.05, 0) is 34.1 Å². The number of aldehydes is 1. The summed E-state index contributed by atoms with van der Waals surface area (Å²) in [5, 5.41) is 4.14. The Kier molecular flexibility index (Phi) is 3.05. The predicted octanol–water partition coefficient (Wildman–Crippen LogP) is 2.46. The lowest BCUT2D eigenvalue weighted by Crippen LogP contribution is -1.99. The van der Waals surface area contributed by atoms with Crippen LogP contribution in [0.1, 0.15) is 10.4 Å². The fourth-order valence-corrected chi connectivity index (χ4v) is 1.68. The Bertz CT molecular complexity index is 522. The topological polar surface area (TPSA) is 44.1 Å². The molecule has 5 heteroatoms. The zero-order chi connectivity index (χ0) is 11.5. The summed E-state index contributed by atoms with van der Waals surface area (Å²) in [6.45, 7) is 0. The van der Waals surface area contributed by atoms with E-state index in [1.807, 2.05) is 0 Å². The minimum atomic E-state index is 0.586. The van der Waals surface area contributed by atoms with Gasteiger partial charge in [-0.25, -0.2) is 4.68 Å². The van der Waals surface area contributed by atoms with Crippen molar-refractivity contribution >= 4 is 22.2 Å². The molecule has 0 saturated heterocycles. The fraction of sp³-hybridized carbons (Fsp3) is 0.0909. The van der Waals surface area contributed by atoms with Crippen molar-refractivity contribution in [3.05, 3.63) is 40.6 Å². The maximum atomic E-state index is 10.7. The summed E-state index contributed by atoms with van der Waals surface area (Å²) in [5.74, 6) is 0.668. The van der Waals surface area contributed by atoms with Crippen LogP contribution >= 0.6 is 15.9 Å². The highest BCUT2D eigenvalue weighted by molar-refractivity contribution is 9.10. The lowest BCUT2D eigenvalue weighted by molar-refractivity contribution is 0.112. The van der Waals surface area contributed by atoms with Gasteiger partial charge in [-0.15, -0.1) is 0 Å². The van der Waals surface area contributed by atoms with Crippen LogP contribution in [0.4, 0.5) is 0 Å². The standard InChI is InChI=1S/C11H9BrN2O2/c1-16-11-3-2-8(7-15)4-10(11)14-6-9(12)5-13-14/h2-7H,1H3. The molecule has 2 aromatic rings. The zero-order valence-electron chi connectivity index (χ0n) is 8.55. The van der Waals surface area contributed by atoms with Gasteiger partial charge in [0, 0.05) is 11.8 Å². The number of benzene rings is 1. The highest BCUT2D eigenvalue weighted by Crippen LogP contribution is 2.24. The summed E-state index contributed by atoms with van der Waals surface area (Å²) in [6, 6.07) is 5.17. The molecule has 0 radical (unpaired) electrons. The molecule has 0 saturated carbocycles. The van der Waals surface area contributed by atoms with E-state index < -0.39 is 0 Å². The van der Waals surface area contributed by atoms with Gasteiger partial charge in [0.1, 0.15) is 17.7 Å². The van der Waals surface area contributed by atoms with Gasteiger partial charge in [0.15, 0.2) is 0 Å². The molecule has 0 N–H and O–H groups in total. The average molecular weight is 281 g/mol. The minimum Gasteiger partial charge on any atom is -0.494 e. The van der Waals surface area contributed by atoms with Crippen molar-refractivity contribution in [1.29, 1.82) is 0 Å². The molecule has 82 valence electrons. The molecule has 0 aliphatic carbocycles. The number of carbonyl (C=O) groups excluding carboxylic acids is 1. The molecule has 0 fully saturated rings. The monoisotopic (exact) mass is 280 g/mol. The summed E-state index contributed by atoms with van der Waals surface area (Å²) < 4.78 is 7.73. The molecule has 0 aliphatic heterocycles. The molecule has 0 amide bonds. The van der Waals surface area contributed by atoms with Gasteiger partial charge in [-0.1, -0.05) is 0 Å². The summed E-state index contributed by atoms with van der Waals surface area (Å²) in [5.41, 5.74) is 1.32. The number of carbonyl (C=O) groups is 1. The molecule has 1 heterocycles. The van der Waals surface area contributed by atoms with E-state index in [1.165, 1.54) is 0 Å². The Morgan fingerprint density at radius 3 is 2.88 bits per heavy atom. The maximum absolute atomic E-state index is 10.7. The Hall–Kier alpha value is -1.62. The minimum absolute atomic E-state index is 0.586. The second kappa shape index (κ2) is 4.49. The van der Waals surface area contributed by atoms with Gasteiger partial charge in [0.2, 0.25) is 0 Å². The van der Waals surface area contributed by atoms with Crippen LogP contribution < -0.4 is 4.74 Å². The summed E-state index contributed by atoms with van der Waals surface area (Å²) in [7, 11) is 1.58. The third kappa shape index (κ3) is 1.99. The molecule has 2 rings (SSSR count). The van der Waals surface area contributed by atoms with Crippen molar-refractivity contribution in [1.82, 2.24) is 9.78 Å². The molecule has 1 aromatic carbocycles. The van der Waals surface area contributed by atoms with Gasteiger partial charge in [-0.3, -0.25) is 4.79 Å². The van der Waals surface area contributed by atoms with Crippen molar-refractivity contribution in [2.45, 2.75) is 0 Å². The molecule has 0 aliphatic rings. The van der Waals surface area contributed by atoms with Crippen molar-refractivity contribution in [3.8, 4) is 11.4 Å².